The molecule has 2 saturated heterocycles. The van der Waals surface area contributed by atoms with Crippen LogP contribution in [0, 0.1) is 16.7 Å². The number of esters is 2. The van der Waals surface area contributed by atoms with E-state index >= 15 is 0 Å². The summed E-state index contributed by atoms with van der Waals surface area (Å²) in [6.07, 6.45) is 1.86. The molecule has 1 spiro atoms. The Kier molecular flexibility index (Phi) is 3.02. The molecule has 0 unspecified atom stereocenters. The van der Waals surface area contributed by atoms with Gasteiger partial charge in [0.25, 0.3) is 0 Å². The molecular formula is C24H26O8. The van der Waals surface area contributed by atoms with Gasteiger partial charge in [0, 0.05) is 34.1 Å². The van der Waals surface area contributed by atoms with Gasteiger partial charge in [0.2, 0.25) is 6.29 Å². The summed E-state index contributed by atoms with van der Waals surface area (Å²) in [5.41, 5.74) is -2.85. The van der Waals surface area contributed by atoms with Crippen molar-refractivity contribution in [2.24, 2.45) is 16.7 Å². The highest BCUT2D eigenvalue weighted by Crippen LogP contribution is 2.74. The Morgan fingerprint density at radius 1 is 1.09 bits per heavy atom. The van der Waals surface area contributed by atoms with E-state index in [1.54, 1.807) is 6.92 Å². The number of fused-ring (bicyclic) bond motifs is 3. The van der Waals surface area contributed by atoms with Gasteiger partial charge in [-0.05, 0) is 40.2 Å². The molecule has 0 aromatic carbocycles. The van der Waals surface area contributed by atoms with E-state index in [2.05, 4.69) is 6.92 Å². The van der Waals surface area contributed by atoms with Crippen molar-refractivity contribution in [3.05, 3.63) is 34.6 Å². The van der Waals surface area contributed by atoms with Crippen molar-refractivity contribution >= 4 is 11.9 Å². The third kappa shape index (κ3) is 1.72. The number of epoxide rings is 1. The van der Waals surface area contributed by atoms with Crippen molar-refractivity contribution < 1.29 is 38.4 Å². The predicted octanol–water partition coefficient (Wildman–Crippen LogP) is 1.68. The first-order valence-electron chi connectivity index (χ1n) is 11.2. The van der Waals surface area contributed by atoms with Gasteiger partial charge in [0.15, 0.2) is 5.60 Å². The van der Waals surface area contributed by atoms with Crippen molar-refractivity contribution in [1.29, 1.82) is 0 Å². The van der Waals surface area contributed by atoms with Crippen molar-refractivity contribution in [3.63, 3.8) is 0 Å². The van der Waals surface area contributed by atoms with Crippen molar-refractivity contribution in [3.8, 4) is 0 Å². The van der Waals surface area contributed by atoms with E-state index in [9.17, 15) is 14.7 Å². The van der Waals surface area contributed by atoms with E-state index in [4.69, 9.17) is 23.7 Å². The van der Waals surface area contributed by atoms with E-state index in [1.165, 1.54) is 6.08 Å². The number of hydrogen-bond donors (Lipinski definition) is 1. The molecule has 1 N–H and O–H groups in total. The lowest BCUT2D eigenvalue weighted by molar-refractivity contribution is -0.227. The summed E-state index contributed by atoms with van der Waals surface area (Å²) < 4.78 is 30.0. The predicted molar refractivity (Wildman–Crippen MR) is 107 cm³/mol. The largest absolute Gasteiger partial charge is 0.487 e. The molecule has 170 valence electrons. The maximum Gasteiger partial charge on any atom is 0.332 e. The second-order valence-corrected chi connectivity index (χ2v) is 11.2. The van der Waals surface area contributed by atoms with Crippen LogP contribution in [0.2, 0.25) is 0 Å². The maximum absolute atomic E-state index is 13.2. The Bertz CT molecular complexity index is 1120. The number of rotatable bonds is 0. The lowest BCUT2D eigenvalue weighted by Gasteiger charge is -2.56. The van der Waals surface area contributed by atoms with Gasteiger partial charge in [-0.25, -0.2) is 4.79 Å². The molecule has 0 bridgehead atoms. The monoisotopic (exact) mass is 442 g/mol. The quantitative estimate of drug-likeness (QED) is 0.446. The van der Waals surface area contributed by atoms with Crippen molar-refractivity contribution in [1.82, 2.24) is 0 Å². The van der Waals surface area contributed by atoms with Crippen LogP contribution in [-0.4, -0.2) is 59.0 Å². The zero-order valence-corrected chi connectivity index (χ0v) is 18.7. The molecular weight excluding hydrogens is 416 g/mol. The minimum Gasteiger partial charge on any atom is -0.487 e. The average molecular weight is 442 g/mol. The van der Waals surface area contributed by atoms with E-state index in [-0.39, 0.29) is 5.92 Å². The van der Waals surface area contributed by atoms with Gasteiger partial charge in [-0.3, -0.25) is 4.79 Å². The van der Waals surface area contributed by atoms with E-state index in [1.807, 2.05) is 26.8 Å². The minimum atomic E-state index is -1.63. The Hall–Kier alpha value is -2.16. The zero-order valence-electron chi connectivity index (χ0n) is 18.7. The summed E-state index contributed by atoms with van der Waals surface area (Å²) in [5, 5.41) is 12.2. The Morgan fingerprint density at radius 2 is 1.81 bits per heavy atom. The van der Waals surface area contributed by atoms with Crippen molar-refractivity contribution in [2.45, 2.75) is 76.3 Å². The molecule has 8 heteroatoms. The highest BCUT2D eigenvalue weighted by Gasteiger charge is 2.83. The second-order valence-electron chi connectivity index (χ2n) is 11.2. The zero-order chi connectivity index (χ0) is 22.6. The summed E-state index contributed by atoms with van der Waals surface area (Å²) in [4.78, 5) is 25.7. The Balaban J connectivity index is 1.55. The number of hydrogen-bond acceptors (Lipinski definition) is 8. The third-order valence-corrected chi connectivity index (χ3v) is 9.24. The third-order valence-electron chi connectivity index (χ3n) is 9.24. The minimum absolute atomic E-state index is 0.226. The number of carbonyl (C=O) groups excluding carboxylic acids is 2. The lowest BCUT2D eigenvalue weighted by Crippen LogP contribution is -2.66. The van der Waals surface area contributed by atoms with Crippen LogP contribution in [0.3, 0.4) is 0 Å². The number of aliphatic hydroxyl groups is 1. The van der Waals surface area contributed by atoms with Crippen LogP contribution in [0.5, 0.6) is 0 Å². The molecule has 32 heavy (non-hydrogen) atoms. The smallest absolute Gasteiger partial charge is 0.332 e. The van der Waals surface area contributed by atoms with Crippen LogP contribution >= 0.6 is 0 Å². The standard InChI is InChI=1S/C24H26O8/c1-10-16-17-22(5)13(8-21(4)18(26)31-19(29-10)24(17,21)27)23(9-28-23)12-7-15(25)32-20(2,3)11(12)6-14(22)30-16/h6-7,10,13-14,19,27H,8-9H2,1-5H3/t10-,13-,14+,19-,21+,22-,23+,24+/m1/s1. The van der Waals surface area contributed by atoms with Gasteiger partial charge in [0.05, 0.1) is 6.61 Å². The average Bonchev–Trinajstić information content (AvgIpc) is 3.40. The molecule has 0 radical (unpaired) electrons. The van der Waals surface area contributed by atoms with Crippen LogP contribution < -0.4 is 0 Å². The summed E-state index contributed by atoms with van der Waals surface area (Å²) in [7, 11) is 0. The summed E-state index contributed by atoms with van der Waals surface area (Å²) in [5.74, 6) is -0.553. The number of carbonyl (C=O) groups is 2. The van der Waals surface area contributed by atoms with Gasteiger partial charge >= 0.3 is 11.9 Å². The first-order valence-corrected chi connectivity index (χ1v) is 11.2. The fourth-order valence-electron chi connectivity index (χ4n) is 7.48. The van der Waals surface area contributed by atoms with Crippen LogP contribution in [0.4, 0.5) is 0 Å². The molecule has 5 heterocycles. The molecule has 7 aliphatic rings. The van der Waals surface area contributed by atoms with Crippen LogP contribution in [0.1, 0.15) is 41.0 Å². The molecule has 0 aromatic heterocycles. The van der Waals surface area contributed by atoms with Crippen LogP contribution in [0.25, 0.3) is 0 Å². The fraction of sp³-hybridized carbons (Fsp3) is 0.667. The molecule has 3 fully saturated rings. The van der Waals surface area contributed by atoms with Gasteiger partial charge in [-0.2, -0.15) is 0 Å². The molecule has 2 aliphatic carbocycles. The highest BCUT2D eigenvalue weighted by atomic mass is 16.7. The van der Waals surface area contributed by atoms with Gasteiger partial charge in [0.1, 0.15) is 34.6 Å². The topological polar surface area (TPSA) is 104 Å². The number of cyclic esters (lactones) is 1. The van der Waals surface area contributed by atoms with Crippen molar-refractivity contribution in [2.75, 3.05) is 6.61 Å². The highest BCUT2D eigenvalue weighted by molar-refractivity contribution is 5.88. The molecule has 0 amide bonds. The molecule has 8 atom stereocenters. The SMILES string of the molecule is C[C@H]1O[C@@H]2OC(=O)[C@]3(C)C[C@@H]4[C@@]5(C)C(=C1O[C@H]5C=C1C(=CC(=O)OC1(C)C)[C@@]41CO1)[C@]23O. The lowest BCUT2D eigenvalue weighted by atomic mass is 9.46. The maximum atomic E-state index is 13.2. The van der Waals surface area contributed by atoms with Gasteiger partial charge in [-0.1, -0.05) is 6.92 Å². The Morgan fingerprint density at radius 3 is 2.50 bits per heavy atom. The molecule has 7 rings (SSSR count). The van der Waals surface area contributed by atoms with Crippen LogP contribution in [0.15, 0.2) is 34.6 Å². The second kappa shape index (κ2) is 5.00. The molecule has 1 saturated carbocycles. The fourth-order valence-corrected chi connectivity index (χ4v) is 7.48. The first kappa shape index (κ1) is 19.3. The normalized spacial score (nSPS) is 53.4. The number of ether oxygens (including phenoxy) is 5. The Labute approximate surface area is 185 Å². The van der Waals surface area contributed by atoms with E-state index in [0.717, 1.165) is 11.1 Å². The van der Waals surface area contributed by atoms with Gasteiger partial charge in [-0.15, -0.1) is 0 Å². The van der Waals surface area contributed by atoms with Crippen LogP contribution in [-0.2, 0) is 33.3 Å². The first-order chi connectivity index (χ1) is 14.9. The molecule has 5 aliphatic heterocycles. The summed E-state index contributed by atoms with van der Waals surface area (Å²) in [6.45, 7) is 9.82. The molecule has 0 aromatic rings. The molecule has 8 nitrogen and oxygen atoms in total. The van der Waals surface area contributed by atoms with Gasteiger partial charge < -0.3 is 28.8 Å². The summed E-state index contributed by atoms with van der Waals surface area (Å²) in [6, 6.07) is 0. The summed E-state index contributed by atoms with van der Waals surface area (Å²) >= 11 is 0. The van der Waals surface area contributed by atoms with E-state index in [0.29, 0.717) is 24.4 Å². The van der Waals surface area contributed by atoms with E-state index < -0.39 is 58.1 Å².